The minimum Gasteiger partial charge on any atom is -0.347 e. The average Bonchev–Trinajstić information content (AvgIpc) is 3.18. The van der Waals surface area contributed by atoms with Crippen molar-refractivity contribution < 1.29 is 9.53 Å². The largest absolute Gasteiger partial charge is 0.347 e. The fourth-order valence-corrected chi connectivity index (χ4v) is 2.46. The monoisotopic (exact) mass is 238 g/mol. The van der Waals surface area contributed by atoms with Crippen LogP contribution in [0.25, 0.3) is 0 Å². The second kappa shape index (κ2) is 4.07. The Balaban J connectivity index is 2.01. The zero-order valence-corrected chi connectivity index (χ0v) is 10.2. The van der Waals surface area contributed by atoms with Gasteiger partial charge in [0.15, 0.2) is 11.4 Å². The van der Waals surface area contributed by atoms with Gasteiger partial charge in [0.25, 0.3) is 0 Å². The van der Waals surface area contributed by atoms with Gasteiger partial charge < -0.3 is 4.74 Å². The predicted octanol–water partition coefficient (Wildman–Crippen LogP) is 3.24. The van der Waals surface area contributed by atoms with Crippen LogP contribution in [0.1, 0.15) is 24.2 Å². The molecule has 2 nitrogen and oxygen atoms in total. The molecule has 0 N–H and O–H groups in total. The Kier molecular flexibility index (Phi) is 2.53. The van der Waals surface area contributed by atoms with Crippen LogP contribution in [0, 0.1) is 0 Å². The van der Waals surface area contributed by atoms with Crippen LogP contribution in [-0.2, 0) is 15.1 Å². The van der Waals surface area contributed by atoms with Gasteiger partial charge in [-0.2, -0.15) is 0 Å². The molecular formula is C16H14O2. The van der Waals surface area contributed by atoms with E-state index in [1.807, 2.05) is 60.7 Å². The van der Waals surface area contributed by atoms with Crippen LogP contribution in [-0.4, -0.2) is 5.78 Å². The Bertz CT molecular complexity index is 562. The molecule has 0 aromatic heterocycles. The summed E-state index contributed by atoms with van der Waals surface area (Å²) in [6.07, 6.45) is -0.154. The molecule has 2 aromatic carbocycles. The molecule has 90 valence electrons. The fraction of sp³-hybridized carbons (Fsp3) is 0.188. The van der Waals surface area contributed by atoms with E-state index in [1.54, 1.807) is 6.92 Å². The van der Waals surface area contributed by atoms with Crippen LogP contribution in [0.2, 0.25) is 0 Å². The van der Waals surface area contributed by atoms with E-state index in [4.69, 9.17) is 4.74 Å². The first kappa shape index (κ1) is 11.2. The van der Waals surface area contributed by atoms with Crippen molar-refractivity contribution in [3.8, 4) is 0 Å². The lowest BCUT2D eigenvalue weighted by atomic mass is 9.89. The molecule has 2 aromatic rings. The molecule has 1 fully saturated rings. The molecule has 0 saturated carbocycles. The maximum absolute atomic E-state index is 12.0. The Labute approximate surface area is 106 Å². The Morgan fingerprint density at radius 2 is 1.56 bits per heavy atom. The molecule has 18 heavy (non-hydrogen) atoms. The Morgan fingerprint density at radius 1 is 1.00 bits per heavy atom. The van der Waals surface area contributed by atoms with Gasteiger partial charge in [0.05, 0.1) is 0 Å². The standard InChI is InChI=1S/C16H14O2/c1-12(17)16(14-10-6-3-7-11-14)15(18-16)13-8-4-2-5-9-13/h2-11,15H,1H3. The number of hydrogen-bond donors (Lipinski definition) is 0. The minimum absolute atomic E-state index is 0.0579. The summed E-state index contributed by atoms with van der Waals surface area (Å²) in [6, 6.07) is 19.6. The van der Waals surface area contributed by atoms with Crippen molar-refractivity contribution in [1.29, 1.82) is 0 Å². The summed E-state index contributed by atoms with van der Waals surface area (Å²) in [5, 5.41) is 0. The molecule has 2 atom stereocenters. The smallest absolute Gasteiger partial charge is 0.182 e. The quantitative estimate of drug-likeness (QED) is 0.768. The third kappa shape index (κ3) is 1.57. The van der Waals surface area contributed by atoms with Crippen molar-refractivity contribution in [1.82, 2.24) is 0 Å². The van der Waals surface area contributed by atoms with E-state index in [1.165, 1.54) is 0 Å². The summed E-state index contributed by atoms with van der Waals surface area (Å²) in [6.45, 7) is 1.59. The fourth-order valence-electron chi connectivity index (χ4n) is 2.46. The van der Waals surface area contributed by atoms with Gasteiger partial charge in [-0.1, -0.05) is 60.7 Å². The van der Waals surface area contributed by atoms with E-state index in [9.17, 15) is 4.79 Å². The summed E-state index contributed by atoms with van der Waals surface area (Å²) < 4.78 is 5.79. The first-order valence-corrected chi connectivity index (χ1v) is 6.04. The summed E-state index contributed by atoms with van der Waals surface area (Å²) in [4.78, 5) is 12.0. The second-order valence-electron chi connectivity index (χ2n) is 4.57. The van der Waals surface area contributed by atoms with Gasteiger partial charge in [0.1, 0.15) is 6.10 Å². The molecule has 1 saturated heterocycles. The third-order valence-electron chi connectivity index (χ3n) is 3.44. The number of ether oxygens (including phenoxy) is 1. The predicted molar refractivity (Wildman–Crippen MR) is 69.1 cm³/mol. The van der Waals surface area contributed by atoms with E-state index in [0.29, 0.717) is 0 Å². The van der Waals surface area contributed by atoms with Gasteiger partial charge >= 0.3 is 0 Å². The van der Waals surface area contributed by atoms with Crippen molar-refractivity contribution >= 4 is 5.78 Å². The first-order chi connectivity index (χ1) is 8.75. The number of rotatable bonds is 3. The molecule has 3 rings (SSSR count). The maximum Gasteiger partial charge on any atom is 0.182 e. The molecule has 2 unspecified atom stereocenters. The number of carbonyl (C=O) groups excluding carboxylic acids is 1. The minimum atomic E-state index is -0.775. The second-order valence-corrected chi connectivity index (χ2v) is 4.57. The summed E-state index contributed by atoms with van der Waals surface area (Å²) in [5.41, 5.74) is 1.21. The summed E-state index contributed by atoms with van der Waals surface area (Å²) in [5.74, 6) is 0.0579. The molecule has 0 amide bonds. The van der Waals surface area contributed by atoms with Gasteiger partial charge in [-0.25, -0.2) is 0 Å². The van der Waals surface area contributed by atoms with Crippen LogP contribution in [0.3, 0.4) is 0 Å². The molecular weight excluding hydrogens is 224 g/mol. The van der Waals surface area contributed by atoms with E-state index in [0.717, 1.165) is 11.1 Å². The number of Topliss-reactive ketones (excluding diaryl/α,β-unsaturated/α-hetero) is 1. The van der Waals surface area contributed by atoms with Crippen LogP contribution < -0.4 is 0 Å². The van der Waals surface area contributed by atoms with Crippen molar-refractivity contribution in [3.63, 3.8) is 0 Å². The van der Waals surface area contributed by atoms with Gasteiger partial charge in [-0.15, -0.1) is 0 Å². The maximum atomic E-state index is 12.0. The number of benzene rings is 2. The van der Waals surface area contributed by atoms with E-state index < -0.39 is 5.60 Å². The third-order valence-corrected chi connectivity index (χ3v) is 3.44. The molecule has 2 heteroatoms. The van der Waals surface area contributed by atoms with Crippen LogP contribution in [0.5, 0.6) is 0 Å². The Hall–Kier alpha value is -1.93. The molecule has 0 aliphatic carbocycles. The number of hydrogen-bond acceptors (Lipinski definition) is 2. The zero-order chi connectivity index (χ0) is 12.6. The van der Waals surface area contributed by atoms with Gasteiger partial charge in [0, 0.05) is 0 Å². The lowest BCUT2D eigenvalue weighted by Gasteiger charge is -2.09. The zero-order valence-electron chi connectivity index (χ0n) is 10.2. The number of epoxide rings is 1. The average molecular weight is 238 g/mol. The molecule has 0 radical (unpaired) electrons. The summed E-state index contributed by atoms with van der Waals surface area (Å²) >= 11 is 0. The molecule has 0 bridgehead atoms. The topological polar surface area (TPSA) is 29.6 Å². The lowest BCUT2D eigenvalue weighted by Crippen LogP contribution is -2.20. The normalized spacial score (nSPS) is 25.7. The van der Waals surface area contributed by atoms with Crippen molar-refractivity contribution in [2.45, 2.75) is 18.6 Å². The highest BCUT2D eigenvalue weighted by atomic mass is 16.6. The van der Waals surface area contributed by atoms with Gasteiger partial charge in [-0.3, -0.25) is 4.79 Å². The number of ketones is 1. The molecule has 0 spiro atoms. The highest BCUT2D eigenvalue weighted by Crippen LogP contribution is 2.57. The van der Waals surface area contributed by atoms with Crippen LogP contribution in [0.15, 0.2) is 60.7 Å². The highest BCUT2D eigenvalue weighted by molar-refractivity contribution is 5.90. The van der Waals surface area contributed by atoms with E-state index in [2.05, 4.69) is 0 Å². The summed E-state index contributed by atoms with van der Waals surface area (Å²) in [7, 11) is 0. The first-order valence-electron chi connectivity index (χ1n) is 6.04. The van der Waals surface area contributed by atoms with E-state index in [-0.39, 0.29) is 11.9 Å². The van der Waals surface area contributed by atoms with Crippen molar-refractivity contribution in [2.24, 2.45) is 0 Å². The molecule has 1 heterocycles. The highest BCUT2D eigenvalue weighted by Gasteiger charge is 2.62. The number of carbonyl (C=O) groups is 1. The van der Waals surface area contributed by atoms with Gasteiger partial charge in [0.2, 0.25) is 0 Å². The SMILES string of the molecule is CC(=O)C1(c2ccccc2)OC1c1ccccc1. The molecule has 1 aliphatic heterocycles. The van der Waals surface area contributed by atoms with E-state index >= 15 is 0 Å². The molecule has 1 aliphatic rings. The van der Waals surface area contributed by atoms with Crippen molar-refractivity contribution in [2.75, 3.05) is 0 Å². The van der Waals surface area contributed by atoms with Crippen LogP contribution in [0.4, 0.5) is 0 Å². The van der Waals surface area contributed by atoms with Crippen LogP contribution >= 0.6 is 0 Å². The van der Waals surface area contributed by atoms with Gasteiger partial charge in [-0.05, 0) is 18.1 Å². The Morgan fingerprint density at radius 3 is 2.11 bits per heavy atom. The lowest BCUT2D eigenvalue weighted by molar-refractivity contribution is -0.122. The van der Waals surface area contributed by atoms with Crippen molar-refractivity contribution in [3.05, 3.63) is 71.8 Å².